The summed E-state index contributed by atoms with van der Waals surface area (Å²) < 4.78 is 16.8. The van der Waals surface area contributed by atoms with Gasteiger partial charge in [0.25, 0.3) is 0 Å². The van der Waals surface area contributed by atoms with Crippen molar-refractivity contribution in [2.24, 2.45) is 5.73 Å². The molecule has 2 aliphatic heterocycles. The highest BCUT2D eigenvalue weighted by atomic mass is 16.7. The molecule has 3 rings (SSSR count). The lowest BCUT2D eigenvalue weighted by molar-refractivity contribution is -0.137. The Bertz CT molecular complexity index is 518. The fourth-order valence-electron chi connectivity index (χ4n) is 3.36. The first-order chi connectivity index (χ1) is 9.98. The minimum absolute atomic E-state index is 0.151. The quantitative estimate of drug-likeness (QED) is 0.922. The smallest absolute Gasteiger partial charge is 0.231 e. The molecule has 2 N–H and O–H groups in total. The maximum Gasteiger partial charge on any atom is 0.231 e. The highest BCUT2D eigenvalue weighted by Gasteiger charge is 2.35. The average Bonchev–Trinajstić information content (AvgIpc) is 2.84. The largest absolute Gasteiger partial charge is 0.454 e. The van der Waals surface area contributed by atoms with Crippen LogP contribution in [-0.4, -0.2) is 43.0 Å². The lowest BCUT2D eigenvalue weighted by Gasteiger charge is -2.45. The lowest BCUT2D eigenvalue weighted by atomic mass is 9.99. The van der Waals surface area contributed by atoms with E-state index in [0.29, 0.717) is 13.3 Å². The van der Waals surface area contributed by atoms with Crippen molar-refractivity contribution in [3.8, 4) is 11.5 Å². The van der Waals surface area contributed by atoms with Crippen LogP contribution in [0.15, 0.2) is 18.2 Å². The Morgan fingerprint density at radius 2 is 2.10 bits per heavy atom. The van der Waals surface area contributed by atoms with Crippen LogP contribution in [0, 0.1) is 0 Å². The van der Waals surface area contributed by atoms with E-state index < -0.39 is 0 Å². The van der Waals surface area contributed by atoms with Crippen LogP contribution in [0.4, 0.5) is 0 Å². The molecular weight excluding hydrogens is 268 g/mol. The predicted molar refractivity (Wildman–Crippen MR) is 80.6 cm³/mol. The fraction of sp³-hybridized carbons (Fsp3) is 0.625. The molecule has 5 nitrogen and oxygen atoms in total. The van der Waals surface area contributed by atoms with Crippen LogP contribution in [0.2, 0.25) is 0 Å². The third-order valence-corrected chi connectivity index (χ3v) is 4.04. The predicted octanol–water partition coefficient (Wildman–Crippen LogP) is 1.91. The number of morpholine rings is 1. The SMILES string of the molecule is CC1CN(C(CN)c2ccc3c(c2)OCO3)CC(C)(C)O1. The van der Waals surface area contributed by atoms with Crippen LogP contribution in [0.3, 0.4) is 0 Å². The molecule has 2 heterocycles. The third kappa shape index (κ3) is 3.00. The van der Waals surface area contributed by atoms with Gasteiger partial charge in [0.05, 0.1) is 11.7 Å². The minimum atomic E-state index is -0.151. The molecule has 0 amide bonds. The Morgan fingerprint density at radius 1 is 1.33 bits per heavy atom. The highest BCUT2D eigenvalue weighted by molar-refractivity contribution is 5.45. The van der Waals surface area contributed by atoms with Crippen molar-refractivity contribution in [2.75, 3.05) is 26.4 Å². The van der Waals surface area contributed by atoms with E-state index in [1.165, 1.54) is 5.56 Å². The monoisotopic (exact) mass is 292 g/mol. The number of nitrogens with two attached hydrogens (primary N) is 1. The summed E-state index contributed by atoms with van der Waals surface area (Å²) in [7, 11) is 0. The zero-order chi connectivity index (χ0) is 15.0. The molecule has 1 aromatic rings. The first-order valence-electron chi connectivity index (χ1n) is 7.50. The van der Waals surface area contributed by atoms with Gasteiger partial charge < -0.3 is 19.9 Å². The zero-order valence-corrected chi connectivity index (χ0v) is 13.0. The number of benzene rings is 1. The number of hydrogen-bond donors (Lipinski definition) is 1. The van der Waals surface area contributed by atoms with Gasteiger partial charge in [-0.15, -0.1) is 0 Å². The maximum atomic E-state index is 6.06. The molecule has 2 atom stereocenters. The Kier molecular flexibility index (Phi) is 3.82. The van der Waals surface area contributed by atoms with Crippen molar-refractivity contribution in [3.63, 3.8) is 0 Å². The fourth-order valence-corrected chi connectivity index (χ4v) is 3.36. The molecule has 0 aliphatic carbocycles. The van der Waals surface area contributed by atoms with Gasteiger partial charge in [-0.3, -0.25) is 4.90 Å². The van der Waals surface area contributed by atoms with Crippen LogP contribution in [0.25, 0.3) is 0 Å². The second-order valence-electron chi connectivity index (χ2n) is 6.48. The molecule has 5 heteroatoms. The summed E-state index contributed by atoms with van der Waals surface area (Å²) in [6, 6.07) is 6.27. The lowest BCUT2D eigenvalue weighted by Crippen LogP contribution is -2.53. The van der Waals surface area contributed by atoms with Crippen LogP contribution in [0.1, 0.15) is 32.4 Å². The molecule has 2 aliphatic rings. The van der Waals surface area contributed by atoms with Crippen molar-refractivity contribution in [2.45, 2.75) is 38.5 Å². The molecule has 0 radical (unpaired) electrons. The van der Waals surface area contributed by atoms with Crippen LogP contribution in [-0.2, 0) is 4.74 Å². The molecule has 1 aromatic carbocycles. The first-order valence-corrected chi connectivity index (χ1v) is 7.50. The van der Waals surface area contributed by atoms with E-state index in [1.807, 2.05) is 12.1 Å². The summed E-state index contributed by atoms with van der Waals surface area (Å²) in [6.07, 6.45) is 0.205. The van der Waals surface area contributed by atoms with Crippen molar-refractivity contribution >= 4 is 0 Å². The topological polar surface area (TPSA) is 57.0 Å². The molecule has 1 fully saturated rings. The van der Waals surface area contributed by atoms with Gasteiger partial charge in [0.15, 0.2) is 11.5 Å². The van der Waals surface area contributed by atoms with Crippen LogP contribution in [0.5, 0.6) is 11.5 Å². The van der Waals surface area contributed by atoms with Gasteiger partial charge in [-0.2, -0.15) is 0 Å². The van der Waals surface area contributed by atoms with E-state index in [0.717, 1.165) is 24.6 Å². The molecule has 21 heavy (non-hydrogen) atoms. The second-order valence-corrected chi connectivity index (χ2v) is 6.48. The van der Waals surface area contributed by atoms with Crippen molar-refractivity contribution in [3.05, 3.63) is 23.8 Å². The summed E-state index contributed by atoms with van der Waals surface area (Å²) in [5.74, 6) is 1.62. The summed E-state index contributed by atoms with van der Waals surface area (Å²) in [4.78, 5) is 2.41. The summed E-state index contributed by atoms with van der Waals surface area (Å²) in [6.45, 7) is 9.00. The Balaban J connectivity index is 1.84. The van der Waals surface area contributed by atoms with Gasteiger partial charge in [-0.25, -0.2) is 0 Å². The van der Waals surface area contributed by atoms with Crippen LogP contribution < -0.4 is 15.2 Å². The van der Waals surface area contributed by atoms with Gasteiger partial charge in [0, 0.05) is 25.7 Å². The number of rotatable bonds is 3. The molecule has 0 bridgehead atoms. The van der Waals surface area contributed by atoms with Gasteiger partial charge in [-0.1, -0.05) is 6.07 Å². The number of ether oxygens (including phenoxy) is 3. The molecule has 116 valence electrons. The number of nitrogens with zero attached hydrogens (tertiary/aromatic N) is 1. The van der Waals surface area contributed by atoms with E-state index in [-0.39, 0.29) is 17.7 Å². The van der Waals surface area contributed by atoms with Gasteiger partial charge >= 0.3 is 0 Å². The average molecular weight is 292 g/mol. The van der Waals surface area contributed by atoms with Gasteiger partial charge in [0.1, 0.15) is 0 Å². The molecule has 2 unspecified atom stereocenters. The summed E-state index contributed by atoms with van der Waals surface area (Å²) >= 11 is 0. The van der Waals surface area contributed by atoms with E-state index in [4.69, 9.17) is 19.9 Å². The van der Waals surface area contributed by atoms with Crippen molar-refractivity contribution in [1.82, 2.24) is 4.90 Å². The highest BCUT2D eigenvalue weighted by Crippen LogP contribution is 2.36. The van der Waals surface area contributed by atoms with E-state index in [2.05, 4.69) is 31.7 Å². The van der Waals surface area contributed by atoms with E-state index in [1.54, 1.807) is 0 Å². The van der Waals surface area contributed by atoms with E-state index >= 15 is 0 Å². The minimum Gasteiger partial charge on any atom is -0.454 e. The summed E-state index contributed by atoms with van der Waals surface area (Å²) in [5.41, 5.74) is 7.08. The first kappa shape index (κ1) is 14.6. The third-order valence-electron chi connectivity index (χ3n) is 4.04. The van der Waals surface area contributed by atoms with Gasteiger partial charge in [0.2, 0.25) is 6.79 Å². The van der Waals surface area contributed by atoms with Crippen LogP contribution >= 0.6 is 0 Å². The van der Waals surface area contributed by atoms with Crippen molar-refractivity contribution in [1.29, 1.82) is 0 Å². The second kappa shape index (κ2) is 5.48. The molecular formula is C16H24N2O3. The number of hydrogen-bond acceptors (Lipinski definition) is 5. The molecule has 0 saturated carbocycles. The van der Waals surface area contributed by atoms with E-state index in [9.17, 15) is 0 Å². The Labute approximate surface area is 126 Å². The number of fused-ring (bicyclic) bond motifs is 1. The molecule has 0 spiro atoms. The maximum absolute atomic E-state index is 6.06. The zero-order valence-electron chi connectivity index (χ0n) is 13.0. The Hall–Kier alpha value is -1.30. The molecule has 1 saturated heterocycles. The normalized spacial score (nSPS) is 25.8. The Morgan fingerprint density at radius 3 is 2.81 bits per heavy atom. The summed E-state index contributed by atoms with van der Waals surface area (Å²) in [5, 5.41) is 0. The van der Waals surface area contributed by atoms with Gasteiger partial charge in [-0.05, 0) is 38.5 Å². The standard InChI is InChI=1S/C16H24N2O3/c1-11-8-18(9-16(2,3)21-11)13(7-17)12-4-5-14-15(6-12)20-10-19-14/h4-6,11,13H,7-10,17H2,1-3H3. The van der Waals surface area contributed by atoms with Crippen molar-refractivity contribution < 1.29 is 14.2 Å². The molecule has 0 aromatic heterocycles.